The molecule has 140 valence electrons. The molecule has 1 aliphatic carbocycles. The lowest BCUT2D eigenvalue weighted by Crippen LogP contribution is -2.45. The van der Waals surface area contributed by atoms with Crippen LogP contribution in [-0.4, -0.2) is 48.6 Å². The van der Waals surface area contributed by atoms with Gasteiger partial charge in [0.2, 0.25) is 0 Å². The van der Waals surface area contributed by atoms with Gasteiger partial charge >= 0.3 is 0 Å². The summed E-state index contributed by atoms with van der Waals surface area (Å²) in [7, 11) is 1.88. The minimum Gasteiger partial charge on any atom is -0.356 e. The van der Waals surface area contributed by atoms with Crippen molar-refractivity contribution in [3.05, 3.63) is 16.1 Å². The number of aliphatic imine (C=N–C) groups is 1. The number of rotatable bonds is 6. The smallest absolute Gasteiger partial charge is 0.191 e. The Morgan fingerprint density at radius 2 is 2.04 bits per heavy atom. The molecule has 0 aromatic carbocycles. The Morgan fingerprint density at radius 1 is 1.28 bits per heavy atom. The minimum absolute atomic E-state index is 0.624. The van der Waals surface area contributed by atoms with E-state index < -0.39 is 0 Å². The molecule has 0 unspecified atom stereocenters. The Hall–Kier alpha value is -1.14. The molecule has 2 heterocycles. The lowest BCUT2D eigenvalue weighted by molar-refractivity contribution is 0.176. The second-order valence-electron chi connectivity index (χ2n) is 7.38. The SMILES string of the molecule is CCc1nc(CN2CCC(CNC(=NC)NC3CCCC3)CC2)cs1. The predicted molar refractivity (Wildman–Crippen MR) is 106 cm³/mol. The Balaban J connectivity index is 1.35. The summed E-state index contributed by atoms with van der Waals surface area (Å²) < 4.78 is 0. The molecule has 25 heavy (non-hydrogen) atoms. The highest BCUT2D eigenvalue weighted by Crippen LogP contribution is 2.20. The molecule has 1 aliphatic heterocycles. The van der Waals surface area contributed by atoms with E-state index >= 15 is 0 Å². The molecule has 0 amide bonds. The number of aryl methyl sites for hydroxylation is 1. The van der Waals surface area contributed by atoms with Gasteiger partial charge in [0.15, 0.2) is 5.96 Å². The van der Waals surface area contributed by atoms with Crippen molar-refractivity contribution < 1.29 is 0 Å². The first-order valence-corrected chi connectivity index (χ1v) is 10.8. The summed E-state index contributed by atoms with van der Waals surface area (Å²) in [4.78, 5) is 11.6. The minimum atomic E-state index is 0.624. The molecule has 1 saturated carbocycles. The standard InChI is InChI=1S/C19H33N5S/c1-3-18-22-17(14-25-18)13-24-10-8-15(9-11-24)12-21-19(20-2)23-16-6-4-5-7-16/h14-16H,3-13H2,1-2H3,(H2,20,21,23). The number of likely N-dealkylation sites (tertiary alicyclic amines) is 1. The number of aromatic nitrogens is 1. The predicted octanol–water partition coefficient (Wildman–Crippen LogP) is 3.03. The molecule has 2 N–H and O–H groups in total. The van der Waals surface area contributed by atoms with Crippen LogP contribution in [0.25, 0.3) is 0 Å². The van der Waals surface area contributed by atoms with Gasteiger partial charge in [-0.05, 0) is 51.1 Å². The fourth-order valence-electron chi connectivity index (χ4n) is 3.86. The van der Waals surface area contributed by atoms with E-state index in [9.17, 15) is 0 Å². The van der Waals surface area contributed by atoms with E-state index in [1.165, 1.54) is 62.3 Å². The van der Waals surface area contributed by atoms with Crippen LogP contribution in [0.5, 0.6) is 0 Å². The number of hydrogen-bond acceptors (Lipinski definition) is 4. The van der Waals surface area contributed by atoms with Crippen LogP contribution in [0.1, 0.15) is 56.2 Å². The van der Waals surface area contributed by atoms with Crippen LogP contribution in [-0.2, 0) is 13.0 Å². The van der Waals surface area contributed by atoms with Gasteiger partial charge in [0.25, 0.3) is 0 Å². The molecule has 0 radical (unpaired) electrons. The zero-order chi connectivity index (χ0) is 17.5. The number of hydrogen-bond donors (Lipinski definition) is 2. The van der Waals surface area contributed by atoms with Crippen LogP contribution in [0, 0.1) is 5.92 Å². The molecule has 6 heteroatoms. The zero-order valence-corrected chi connectivity index (χ0v) is 16.6. The van der Waals surface area contributed by atoms with E-state index in [0.29, 0.717) is 6.04 Å². The summed E-state index contributed by atoms with van der Waals surface area (Å²) in [6.45, 7) is 6.59. The van der Waals surface area contributed by atoms with Crippen LogP contribution in [0.15, 0.2) is 10.4 Å². The van der Waals surface area contributed by atoms with Gasteiger partial charge in [-0.15, -0.1) is 11.3 Å². The highest BCUT2D eigenvalue weighted by Gasteiger charge is 2.21. The monoisotopic (exact) mass is 363 g/mol. The lowest BCUT2D eigenvalue weighted by atomic mass is 9.97. The Labute approximate surface area is 156 Å². The second kappa shape index (κ2) is 9.53. The average molecular weight is 364 g/mol. The van der Waals surface area contributed by atoms with Gasteiger partial charge < -0.3 is 10.6 Å². The normalized spacial score (nSPS) is 21.0. The van der Waals surface area contributed by atoms with Crippen molar-refractivity contribution >= 4 is 17.3 Å². The van der Waals surface area contributed by atoms with Gasteiger partial charge in [-0.1, -0.05) is 19.8 Å². The fourth-order valence-corrected chi connectivity index (χ4v) is 4.60. The van der Waals surface area contributed by atoms with Crippen LogP contribution in [0.2, 0.25) is 0 Å². The van der Waals surface area contributed by atoms with Crippen molar-refractivity contribution in [1.29, 1.82) is 0 Å². The third-order valence-corrected chi connectivity index (χ3v) is 6.51. The number of nitrogens with one attached hydrogen (secondary N) is 2. The zero-order valence-electron chi connectivity index (χ0n) is 15.8. The third-order valence-electron chi connectivity index (χ3n) is 5.47. The highest BCUT2D eigenvalue weighted by atomic mass is 32.1. The first kappa shape index (κ1) is 18.6. The number of nitrogens with zero attached hydrogens (tertiary/aromatic N) is 3. The molecular weight excluding hydrogens is 330 g/mol. The summed E-state index contributed by atoms with van der Waals surface area (Å²) in [5.74, 6) is 1.74. The molecule has 0 bridgehead atoms. The molecule has 1 saturated heterocycles. The van der Waals surface area contributed by atoms with Crippen LogP contribution in [0.3, 0.4) is 0 Å². The van der Waals surface area contributed by atoms with Gasteiger partial charge in [0.05, 0.1) is 10.7 Å². The summed E-state index contributed by atoms with van der Waals surface area (Å²) in [6, 6.07) is 0.624. The Morgan fingerprint density at radius 3 is 2.68 bits per heavy atom. The molecule has 0 atom stereocenters. The maximum Gasteiger partial charge on any atom is 0.191 e. The summed E-state index contributed by atoms with van der Waals surface area (Å²) >= 11 is 1.80. The van der Waals surface area contributed by atoms with Crippen molar-refractivity contribution in [1.82, 2.24) is 20.5 Å². The number of guanidine groups is 1. The maximum atomic E-state index is 4.70. The van der Waals surface area contributed by atoms with Crippen molar-refractivity contribution in [2.45, 2.75) is 64.5 Å². The van der Waals surface area contributed by atoms with E-state index in [4.69, 9.17) is 4.98 Å². The quantitative estimate of drug-likeness (QED) is 0.602. The van der Waals surface area contributed by atoms with Gasteiger partial charge in [-0.3, -0.25) is 9.89 Å². The van der Waals surface area contributed by atoms with Gasteiger partial charge in [0, 0.05) is 31.6 Å². The molecule has 0 spiro atoms. The molecule has 1 aromatic rings. The topological polar surface area (TPSA) is 52.6 Å². The third kappa shape index (κ3) is 5.68. The van der Waals surface area contributed by atoms with Crippen LogP contribution in [0.4, 0.5) is 0 Å². The van der Waals surface area contributed by atoms with Crippen LogP contribution >= 0.6 is 11.3 Å². The molecule has 2 fully saturated rings. The Kier molecular flexibility index (Phi) is 7.11. The molecule has 5 nitrogen and oxygen atoms in total. The summed E-state index contributed by atoms with van der Waals surface area (Å²) in [5.41, 5.74) is 1.25. The van der Waals surface area contributed by atoms with E-state index in [0.717, 1.165) is 31.4 Å². The number of thiazole rings is 1. The Bertz CT molecular complexity index is 542. The van der Waals surface area contributed by atoms with Crippen molar-refractivity contribution in [2.75, 3.05) is 26.7 Å². The fraction of sp³-hybridized carbons (Fsp3) is 0.789. The molecule has 2 aliphatic rings. The second-order valence-corrected chi connectivity index (χ2v) is 8.33. The van der Waals surface area contributed by atoms with Crippen LogP contribution < -0.4 is 10.6 Å². The first-order valence-electron chi connectivity index (χ1n) is 9.89. The van der Waals surface area contributed by atoms with Crippen molar-refractivity contribution in [3.63, 3.8) is 0 Å². The summed E-state index contributed by atoms with van der Waals surface area (Å²) in [5, 5.41) is 10.6. The lowest BCUT2D eigenvalue weighted by Gasteiger charge is -2.32. The van der Waals surface area contributed by atoms with Crippen molar-refractivity contribution in [2.24, 2.45) is 10.9 Å². The summed E-state index contributed by atoms with van der Waals surface area (Å²) in [6.07, 6.45) is 8.85. The van der Waals surface area contributed by atoms with Crippen molar-refractivity contribution in [3.8, 4) is 0 Å². The van der Waals surface area contributed by atoms with E-state index in [2.05, 4.69) is 32.8 Å². The van der Waals surface area contributed by atoms with E-state index in [1.54, 1.807) is 11.3 Å². The van der Waals surface area contributed by atoms with Gasteiger partial charge in [-0.2, -0.15) is 0 Å². The van der Waals surface area contributed by atoms with Gasteiger partial charge in [-0.25, -0.2) is 4.98 Å². The molecule has 1 aromatic heterocycles. The highest BCUT2D eigenvalue weighted by molar-refractivity contribution is 7.09. The molecular formula is C19H33N5S. The number of piperidine rings is 1. The first-order chi connectivity index (χ1) is 12.3. The van der Waals surface area contributed by atoms with E-state index in [-0.39, 0.29) is 0 Å². The molecule has 3 rings (SSSR count). The average Bonchev–Trinajstić information content (AvgIpc) is 3.31. The largest absolute Gasteiger partial charge is 0.356 e. The van der Waals surface area contributed by atoms with Gasteiger partial charge in [0.1, 0.15) is 0 Å². The maximum absolute atomic E-state index is 4.70. The van der Waals surface area contributed by atoms with E-state index in [1.807, 2.05) is 7.05 Å².